The normalized spacial score (nSPS) is 12.1. The van der Waals surface area contributed by atoms with Gasteiger partial charge in [0.2, 0.25) is 11.9 Å². The minimum atomic E-state index is -0.360. The molecule has 0 saturated carbocycles. The van der Waals surface area contributed by atoms with Gasteiger partial charge in [-0.2, -0.15) is 0 Å². The van der Waals surface area contributed by atoms with Crippen molar-refractivity contribution in [1.82, 2.24) is 10.2 Å². The molecule has 2 amide bonds. The molecule has 1 aliphatic rings. The average molecular weight is 368 g/mol. The van der Waals surface area contributed by atoms with E-state index >= 15 is 0 Å². The van der Waals surface area contributed by atoms with E-state index in [-0.39, 0.29) is 12.8 Å². The molecular weight excluding hydrogens is 352 g/mol. The van der Waals surface area contributed by atoms with Gasteiger partial charge in [0.1, 0.15) is 5.01 Å². The molecule has 2 N–H and O–H groups in total. The maximum atomic E-state index is 12.2. The van der Waals surface area contributed by atoms with Gasteiger partial charge in [-0.25, -0.2) is 4.79 Å². The molecule has 0 unspecified atom stereocenters. The van der Waals surface area contributed by atoms with Crippen LogP contribution in [0.15, 0.2) is 36.4 Å². The van der Waals surface area contributed by atoms with Crippen LogP contribution in [0.5, 0.6) is 11.5 Å². The predicted octanol–water partition coefficient (Wildman–Crippen LogP) is 4.19. The second-order valence-corrected chi connectivity index (χ2v) is 6.84. The van der Waals surface area contributed by atoms with E-state index in [1.165, 1.54) is 16.9 Å². The standard InChI is InChI=1S/C18H16N4O3S/c1-10-3-5-13(7-11(10)2)19-17(23)20-18-22-21-16(26-18)12-4-6-14-15(8-12)25-9-24-14/h3-8H,9H2,1-2H3,(H2,19,20,22,23). The molecule has 8 heteroatoms. The predicted molar refractivity (Wildman–Crippen MR) is 100 cm³/mol. The summed E-state index contributed by atoms with van der Waals surface area (Å²) < 4.78 is 10.7. The van der Waals surface area contributed by atoms with Gasteiger partial charge in [-0.15, -0.1) is 10.2 Å². The number of rotatable bonds is 3. The van der Waals surface area contributed by atoms with E-state index in [0.717, 1.165) is 16.8 Å². The first-order valence-corrected chi connectivity index (χ1v) is 8.79. The van der Waals surface area contributed by atoms with Crippen molar-refractivity contribution in [2.24, 2.45) is 0 Å². The summed E-state index contributed by atoms with van der Waals surface area (Å²) in [6.45, 7) is 4.25. The van der Waals surface area contributed by atoms with Gasteiger partial charge in [-0.1, -0.05) is 17.4 Å². The van der Waals surface area contributed by atoms with Crippen molar-refractivity contribution in [3.63, 3.8) is 0 Å². The van der Waals surface area contributed by atoms with Crippen molar-refractivity contribution >= 4 is 28.2 Å². The zero-order chi connectivity index (χ0) is 18.1. The maximum Gasteiger partial charge on any atom is 0.325 e. The molecule has 1 aliphatic heterocycles. The van der Waals surface area contributed by atoms with Crippen molar-refractivity contribution in [3.05, 3.63) is 47.5 Å². The summed E-state index contributed by atoms with van der Waals surface area (Å²) in [7, 11) is 0. The number of ether oxygens (including phenoxy) is 2. The molecule has 26 heavy (non-hydrogen) atoms. The summed E-state index contributed by atoms with van der Waals surface area (Å²) >= 11 is 1.29. The fraction of sp³-hybridized carbons (Fsp3) is 0.167. The third kappa shape index (κ3) is 3.31. The van der Waals surface area contributed by atoms with Crippen molar-refractivity contribution < 1.29 is 14.3 Å². The van der Waals surface area contributed by atoms with Gasteiger partial charge >= 0.3 is 6.03 Å². The Bertz CT molecular complexity index is 986. The Hall–Kier alpha value is -3.13. The first kappa shape index (κ1) is 16.3. The Balaban J connectivity index is 1.44. The number of nitrogens with zero attached hydrogens (tertiary/aromatic N) is 2. The zero-order valence-corrected chi connectivity index (χ0v) is 15.0. The third-order valence-electron chi connectivity index (χ3n) is 4.03. The first-order chi connectivity index (χ1) is 12.6. The lowest BCUT2D eigenvalue weighted by atomic mass is 10.1. The lowest BCUT2D eigenvalue weighted by Crippen LogP contribution is -2.19. The van der Waals surface area contributed by atoms with E-state index in [1.807, 2.05) is 50.2 Å². The molecule has 0 fully saturated rings. The van der Waals surface area contributed by atoms with Crippen LogP contribution in [0.3, 0.4) is 0 Å². The quantitative estimate of drug-likeness (QED) is 0.724. The van der Waals surface area contributed by atoms with Gasteiger partial charge in [-0.3, -0.25) is 5.32 Å². The largest absolute Gasteiger partial charge is 0.454 e. The van der Waals surface area contributed by atoms with Gasteiger partial charge in [0, 0.05) is 11.3 Å². The molecule has 0 radical (unpaired) electrons. The summed E-state index contributed by atoms with van der Waals surface area (Å²) in [5, 5.41) is 14.8. The fourth-order valence-electron chi connectivity index (χ4n) is 2.50. The summed E-state index contributed by atoms with van der Waals surface area (Å²) in [5.41, 5.74) is 3.87. The Kier molecular flexibility index (Phi) is 4.18. The molecule has 0 saturated heterocycles. The van der Waals surface area contributed by atoms with Crippen molar-refractivity contribution in [3.8, 4) is 22.1 Å². The van der Waals surface area contributed by atoms with E-state index in [1.54, 1.807) is 0 Å². The molecular formula is C18H16N4O3S. The lowest BCUT2D eigenvalue weighted by Gasteiger charge is -2.07. The number of fused-ring (bicyclic) bond motifs is 1. The molecule has 2 heterocycles. The number of aryl methyl sites for hydroxylation is 2. The fourth-order valence-corrected chi connectivity index (χ4v) is 3.23. The number of amides is 2. The monoisotopic (exact) mass is 368 g/mol. The molecule has 132 valence electrons. The number of benzene rings is 2. The van der Waals surface area contributed by atoms with Gasteiger partial charge < -0.3 is 14.8 Å². The summed E-state index contributed by atoms with van der Waals surface area (Å²) in [5.74, 6) is 1.39. The number of carbonyl (C=O) groups excluding carboxylic acids is 1. The number of aromatic nitrogens is 2. The molecule has 1 aromatic heterocycles. The highest BCUT2D eigenvalue weighted by molar-refractivity contribution is 7.18. The van der Waals surface area contributed by atoms with Crippen LogP contribution in [0.2, 0.25) is 0 Å². The molecule has 3 aromatic rings. The Morgan fingerprint density at radius 2 is 1.85 bits per heavy atom. The third-order valence-corrected chi connectivity index (χ3v) is 4.92. The SMILES string of the molecule is Cc1ccc(NC(=O)Nc2nnc(-c3ccc4c(c3)OCO4)s2)cc1C. The number of hydrogen-bond acceptors (Lipinski definition) is 6. The van der Waals surface area contributed by atoms with E-state index in [4.69, 9.17) is 9.47 Å². The van der Waals surface area contributed by atoms with Crippen LogP contribution in [0, 0.1) is 13.8 Å². The second-order valence-electron chi connectivity index (χ2n) is 5.86. The Morgan fingerprint density at radius 1 is 1.00 bits per heavy atom. The molecule has 0 spiro atoms. The molecule has 0 aliphatic carbocycles. The zero-order valence-electron chi connectivity index (χ0n) is 14.2. The van der Waals surface area contributed by atoms with Crippen LogP contribution < -0.4 is 20.1 Å². The van der Waals surface area contributed by atoms with E-state index in [2.05, 4.69) is 20.8 Å². The van der Waals surface area contributed by atoms with Crippen LogP contribution in [-0.2, 0) is 0 Å². The number of anilines is 2. The topological polar surface area (TPSA) is 85.4 Å². The highest BCUT2D eigenvalue weighted by Gasteiger charge is 2.16. The highest BCUT2D eigenvalue weighted by atomic mass is 32.1. The van der Waals surface area contributed by atoms with Gasteiger partial charge in [-0.05, 0) is 55.3 Å². The van der Waals surface area contributed by atoms with E-state index in [0.29, 0.717) is 21.6 Å². The second kappa shape index (κ2) is 6.64. The van der Waals surface area contributed by atoms with Gasteiger partial charge in [0.25, 0.3) is 0 Å². The average Bonchev–Trinajstić information content (AvgIpc) is 3.26. The smallest absolute Gasteiger partial charge is 0.325 e. The van der Waals surface area contributed by atoms with Crippen LogP contribution >= 0.6 is 11.3 Å². The summed E-state index contributed by atoms with van der Waals surface area (Å²) in [6.07, 6.45) is 0. The minimum Gasteiger partial charge on any atom is -0.454 e. The molecule has 2 aromatic carbocycles. The van der Waals surface area contributed by atoms with E-state index in [9.17, 15) is 4.79 Å². The highest BCUT2D eigenvalue weighted by Crippen LogP contribution is 2.37. The van der Waals surface area contributed by atoms with Crippen molar-refractivity contribution in [2.75, 3.05) is 17.4 Å². The summed E-state index contributed by atoms with van der Waals surface area (Å²) in [6, 6.07) is 11.0. The maximum absolute atomic E-state index is 12.2. The number of hydrogen-bond donors (Lipinski definition) is 2. The Labute approximate surface area is 154 Å². The molecule has 0 bridgehead atoms. The van der Waals surface area contributed by atoms with Gasteiger partial charge in [0.15, 0.2) is 11.5 Å². The van der Waals surface area contributed by atoms with Crippen LogP contribution in [0.1, 0.15) is 11.1 Å². The Morgan fingerprint density at radius 3 is 2.69 bits per heavy atom. The van der Waals surface area contributed by atoms with Crippen LogP contribution in [0.4, 0.5) is 15.6 Å². The first-order valence-electron chi connectivity index (χ1n) is 7.97. The number of urea groups is 1. The number of nitrogens with one attached hydrogen (secondary N) is 2. The van der Waals surface area contributed by atoms with Gasteiger partial charge in [0.05, 0.1) is 0 Å². The summed E-state index contributed by atoms with van der Waals surface area (Å²) in [4.78, 5) is 12.2. The minimum absolute atomic E-state index is 0.223. The molecule has 7 nitrogen and oxygen atoms in total. The number of carbonyl (C=O) groups is 1. The van der Waals surface area contributed by atoms with Crippen LogP contribution in [0.25, 0.3) is 10.6 Å². The molecule has 0 atom stereocenters. The molecule has 4 rings (SSSR count). The van der Waals surface area contributed by atoms with Crippen LogP contribution in [-0.4, -0.2) is 23.0 Å². The lowest BCUT2D eigenvalue weighted by molar-refractivity contribution is 0.174. The van der Waals surface area contributed by atoms with E-state index < -0.39 is 0 Å². The van der Waals surface area contributed by atoms with Crippen molar-refractivity contribution in [2.45, 2.75) is 13.8 Å². The van der Waals surface area contributed by atoms with Crippen molar-refractivity contribution in [1.29, 1.82) is 0 Å².